The van der Waals surface area contributed by atoms with Gasteiger partial charge in [0, 0.05) is 29.8 Å². The molecule has 2 aromatic rings. The predicted octanol–water partition coefficient (Wildman–Crippen LogP) is 1.63. The molecule has 31 heavy (non-hydrogen) atoms. The molecule has 2 aromatic carbocycles. The quantitative estimate of drug-likeness (QED) is 0.323. The topological polar surface area (TPSA) is 108 Å². The Kier molecular flexibility index (Phi) is 8.19. The van der Waals surface area contributed by atoms with Crippen molar-refractivity contribution in [2.75, 3.05) is 19.6 Å². The molecule has 0 bridgehead atoms. The summed E-state index contributed by atoms with van der Waals surface area (Å²) in [6.45, 7) is 3.22. The van der Waals surface area contributed by atoms with Crippen LogP contribution in [0.2, 0.25) is 0 Å². The molecule has 1 aliphatic heterocycles. The Morgan fingerprint density at radius 3 is 2.10 bits per heavy atom. The van der Waals surface area contributed by atoms with Crippen LogP contribution in [-0.4, -0.2) is 47.6 Å². The Hall–Kier alpha value is -3.18. The van der Waals surface area contributed by atoms with Crippen LogP contribution in [0.5, 0.6) is 0 Å². The lowest BCUT2D eigenvalue weighted by Crippen LogP contribution is -2.50. The highest BCUT2D eigenvalue weighted by atomic mass is 16.5. The number of amides is 2. The molecule has 0 saturated carbocycles. The summed E-state index contributed by atoms with van der Waals surface area (Å²) in [6, 6.07) is 14.1. The molecular weight excluding hydrogens is 392 g/mol. The fraction of sp³-hybridized carbons (Fsp3) is 0.333. The largest absolute Gasteiger partial charge is 0.339 e. The normalized spacial score (nSPS) is 14.8. The molecule has 0 spiro atoms. The van der Waals surface area contributed by atoms with E-state index >= 15 is 0 Å². The molecule has 1 heterocycles. The van der Waals surface area contributed by atoms with Gasteiger partial charge in [-0.1, -0.05) is 30.4 Å². The van der Waals surface area contributed by atoms with Crippen molar-refractivity contribution < 1.29 is 14.8 Å². The number of hydrogen-bond donors (Lipinski definition) is 4. The molecule has 7 heteroatoms. The van der Waals surface area contributed by atoms with Crippen LogP contribution in [0.3, 0.4) is 0 Å². The monoisotopic (exact) mass is 420 g/mol. The first-order valence-corrected chi connectivity index (χ1v) is 10.5. The van der Waals surface area contributed by atoms with Crippen LogP contribution in [0.25, 0.3) is 0 Å². The standard InChI is InChI=1S/C24H28N4O3/c25-16-22(24(30)27-31)26-23(29)21-12-10-19(11-13-21)5-4-18-6-8-20(9-7-18)17-28-14-2-1-3-15-28/h6-13,22,31H,1-3,14-17,25H2,(H,26,29)(H,27,30)/t22-/m0/s1. The van der Waals surface area contributed by atoms with Gasteiger partial charge in [0.1, 0.15) is 6.04 Å². The molecule has 0 unspecified atom stereocenters. The second kappa shape index (κ2) is 11.3. The molecule has 3 rings (SSSR count). The van der Waals surface area contributed by atoms with E-state index in [0.29, 0.717) is 5.56 Å². The summed E-state index contributed by atoms with van der Waals surface area (Å²) in [4.78, 5) is 26.2. The highest BCUT2D eigenvalue weighted by Gasteiger charge is 2.19. The van der Waals surface area contributed by atoms with Gasteiger partial charge in [0.05, 0.1) is 0 Å². The highest BCUT2D eigenvalue weighted by molar-refractivity contribution is 5.97. The average Bonchev–Trinajstić information content (AvgIpc) is 2.82. The van der Waals surface area contributed by atoms with E-state index < -0.39 is 17.9 Å². The van der Waals surface area contributed by atoms with Crippen LogP contribution in [0.15, 0.2) is 48.5 Å². The first kappa shape index (κ1) is 22.5. The zero-order valence-corrected chi connectivity index (χ0v) is 17.4. The van der Waals surface area contributed by atoms with Crippen molar-refractivity contribution in [2.24, 2.45) is 5.73 Å². The summed E-state index contributed by atoms with van der Waals surface area (Å²) in [5, 5.41) is 11.1. The number of piperidine rings is 1. The van der Waals surface area contributed by atoms with E-state index in [-0.39, 0.29) is 6.54 Å². The molecule has 2 amide bonds. The summed E-state index contributed by atoms with van der Waals surface area (Å²) in [5.74, 6) is 5.02. The van der Waals surface area contributed by atoms with Gasteiger partial charge < -0.3 is 11.1 Å². The molecule has 5 N–H and O–H groups in total. The van der Waals surface area contributed by atoms with Gasteiger partial charge in [-0.05, 0) is 67.9 Å². The highest BCUT2D eigenvalue weighted by Crippen LogP contribution is 2.13. The van der Waals surface area contributed by atoms with Crippen molar-refractivity contribution in [1.29, 1.82) is 0 Å². The number of nitrogens with one attached hydrogen (secondary N) is 2. The molecule has 0 aliphatic carbocycles. The maximum Gasteiger partial charge on any atom is 0.267 e. The van der Waals surface area contributed by atoms with E-state index in [1.165, 1.54) is 43.4 Å². The van der Waals surface area contributed by atoms with Crippen molar-refractivity contribution in [1.82, 2.24) is 15.7 Å². The van der Waals surface area contributed by atoms with E-state index in [1.807, 2.05) is 12.1 Å². The Morgan fingerprint density at radius 2 is 1.55 bits per heavy atom. The lowest BCUT2D eigenvalue weighted by molar-refractivity contribution is -0.130. The van der Waals surface area contributed by atoms with Gasteiger partial charge >= 0.3 is 0 Å². The molecule has 1 fully saturated rings. The molecule has 1 aliphatic rings. The first-order valence-electron chi connectivity index (χ1n) is 10.5. The minimum atomic E-state index is -1.00. The lowest BCUT2D eigenvalue weighted by Gasteiger charge is -2.26. The number of nitrogens with zero attached hydrogens (tertiary/aromatic N) is 1. The van der Waals surface area contributed by atoms with Crippen LogP contribution in [0.4, 0.5) is 0 Å². The minimum Gasteiger partial charge on any atom is -0.339 e. The fourth-order valence-corrected chi connectivity index (χ4v) is 3.47. The van der Waals surface area contributed by atoms with Crippen LogP contribution in [-0.2, 0) is 11.3 Å². The molecule has 162 valence electrons. The zero-order chi connectivity index (χ0) is 22.1. The van der Waals surface area contributed by atoms with Crippen LogP contribution in [0, 0.1) is 11.8 Å². The molecule has 0 radical (unpaired) electrons. The second-order valence-electron chi connectivity index (χ2n) is 7.60. The average molecular weight is 421 g/mol. The molecule has 1 saturated heterocycles. The molecule has 0 aromatic heterocycles. The minimum absolute atomic E-state index is 0.126. The van der Waals surface area contributed by atoms with Crippen LogP contribution >= 0.6 is 0 Å². The smallest absolute Gasteiger partial charge is 0.267 e. The van der Waals surface area contributed by atoms with Crippen molar-refractivity contribution in [3.63, 3.8) is 0 Å². The number of carbonyl (C=O) groups is 2. The summed E-state index contributed by atoms with van der Waals surface area (Å²) in [5.41, 5.74) is 10.3. The maximum absolute atomic E-state index is 12.2. The van der Waals surface area contributed by atoms with Gasteiger partial charge in [-0.2, -0.15) is 0 Å². The molecule has 1 atom stereocenters. The number of hydrogen-bond acceptors (Lipinski definition) is 5. The number of carbonyl (C=O) groups excluding carboxylic acids is 2. The van der Waals surface area contributed by atoms with Gasteiger partial charge in [-0.25, -0.2) is 5.48 Å². The predicted molar refractivity (Wildman–Crippen MR) is 118 cm³/mol. The number of hydroxylamine groups is 1. The second-order valence-corrected chi connectivity index (χ2v) is 7.60. The van der Waals surface area contributed by atoms with E-state index in [1.54, 1.807) is 24.3 Å². The van der Waals surface area contributed by atoms with E-state index in [9.17, 15) is 9.59 Å². The SMILES string of the molecule is NC[C@H](NC(=O)c1ccc(C#Cc2ccc(CN3CCCCC3)cc2)cc1)C(=O)NO. The Bertz CT molecular complexity index is 940. The van der Waals surface area contributed by atoms with Crippen molar-refractivity contribution >= 4 is 11.8 Å². The van der Waals surface area contributed by atoms with Crippen molar-refractivity contribution in [2.45, 2.75) is 31.8 Å². The maximum atomic E-state index is 12.2. The van der Waals surface area contributed by atoms with E-state index in [2.05, 4.69) is 34.2 Å². The van der Waals surface area contributed by atoms with Gasteiger partial charge in [0.15, 0.2) is 0 Å². The zero-order valence-electron chi connectivity index (χ0n) is 17.4. The number of likely N-dealkylation sites (tertiary alicyclic amines) is 1. The van der Waals surface area contributed by atoms with E-state index in [0.717, 1.165) is 17.7 Å². The van der Waals surface area contributed by atoms with Gasteiger partial charge in [0.2, 0.25) is 0 Å². The van der Waals surface area contributed by atoms with Crippen LogP contribution < -0.4 is 16.5 Å². The fourth-order valence-electron chi connectivity index (χ4n) is 3.47. The third-order valence-electron chi connectivity index (χ3n) is 5.27. The summed E-state index contributed by atoms with van der Waals surface area (Å²) in [6.07, 6.45) is 3.91. The first-order chi connectivity index (χ1) is 15.1. The Labute approximate surface area is 182 Å². The summed E-state index contributed by atoms with van der Waals surface area (Å²) >= 11 is 0. The number of rotatable bonds is 6. The van der Waals surface area contributed by atoms with Gasteiger partial charge in [-0.15, -0.1) is 0 Å². The summed E-state index contributed by atoms with van der Waals surface area (Å²) in [7, 11) is 0. The lowest BCUT2D eigenvalue weighted by atomic mass is 10.1. The van der Waals surface area contributed by atoms with Crippen LogP contribution in [0.1, 0.15) is 46.3 Å². The van der Waals surface area contributed by atoms with Crippen molar-refractivity contribution in [3.05, 3.63) is 70.8 Å². The van der Waals surface area contributed by atoms with Crippen molar-refractivity contribution in [3.8, 4) is 11.8 Å². The number of nitrogens with two attached hydrogens (primary N) is 1. The third-order valence-corrected chi connectivity index (χ3v) is 5.27. The van der Waals surface area contributed by atoms with Gasteiger partial charge in [0.25, 0.3) is 11.8 Å². The molecular formula is C24H28N4O3. The molecule has 7 nitrogen and oxygen atoms in total. The Balaban J connectivity index is 1.57. The van der Waals surface area contributed by atoms with Gasteiger partial charge in [-0.3, -0.25) is 19.7 Å². The number of benzene rings is 2. The van der Waals surface area contributed by atoms with E-state index in [4.69, 9.17) is 10.9 Å². The third kappa shape index (κ3) is 6.66. The summed E-state index contributed by atoms with van der Waals surface area (Å²) < 4.78 is 0. The Morgan fingerprint density at radius 1 is 0.968 bits per heavy atom.